The van der Waals surface area contributed by atoms with Gasteiger partial charge < -0.3 is 10.1 Å². The molecule has 1 aromatic heterocycles. The van der Waals surface area contributed by atoms with Crippen LogP contribution < -0.4 is 14.8 Å². The standard InChI is InChI=1S/C18H25N3O3S/c1-12-9-15(24-6)16(10-13(12)2)25(22,23)21-14-7-8-17(19-11-14)20-18(3,4)5/h7-11,21H,1-6H3,(H,19,20). The number of benzene rings is 1. The summed E-state index contributed by atoms with van der Waals surface area (Å²) >= 11 is 0. The number of hydrogen-bond donors (Lipinski definition) is 2. The lowest BCUT2D eigenvalue weighted by Gasteiger charge is -2.21. The van der Waals surface area contributed by atoms with E-state index in [-0.39, 0.29) is 10.4 Å². The van der Waals surface area contributed by atoms with E-state index in [0.29, 0.717) is 17.3 Å². The van der Waals surface area contributed by atoms with E-state index in [1.54, 1.807) is 24.3 Å². The summed E-state index contributed by atoms with van der Waals surface area (Å²) in [6, 6.07) is 6.74. The number of sulfonamides is 1. The zero-order valence-electron chi connectivity index (χ0n) is 15.5. The fraction of sp³-hybridized carbons (Fsp3) is 0.389. The molecule has 0 unspecified atom stereocenters. The first-order valence-corrected chi connectivity index (χ1v) is 9.42. The van der Waals surface area contributed by atoms with Gasteiger partial charge in [0.25, 0.3) is 10.0 Å². The number of aromatic nitrogens is 1. The fourth-order valence-corrected chi connectivity index (χ4v) is 3.54. The number of anilines is 2. The normalized spacial score (nSPS) is 11.9. The van der Waals surface area contributed by atoms with Crippen LogP contribution in [0.15, 0.2) is 35.4 Å². The van der Waals surface area contributed by atoms with Gasteiger partial charge in [-0.05, 0) is 70.0 Å². The minimum Gasteiger partial charge on any atom is -0.495 e. The van der Waals surface area contributed by atoms with Crippen molar-refractivity contribution in [3.05, 3.63) is 41.6 Å². The smallest absolute Gasteiger partial charge is 0.265 e. The summed E-state index contributed by atoms with van der Waals surface area (Å²) in [5.41, 5.74) is 2.11. The molecule has 1 aromatic carbocycles. The Morgan fingerprint density at radius 1 is 1.08 bits per heavy atom. The highest BCUT2D eigenvalue weighted by molar-refractivity contribution is 7.92. The van der Waals surface area contributed by atoms with Crippen molar-refractivity contribution in [1.29, 1.82) is 0 Å². The molecule has 1 heterocycles. The second-order valence-electron chi connectivity index (χ2n) is 7.00. The SMILES string of the molecule is COc1cc(C)c(C)cc1S(=O)(=O)Nc1ccc(NC(C)(C)C)nc1. The Balaban J connectivity index is 2.29. The third-order valence-corrected chi connectivity index (χ3v) is 4.99. The third kappa shape index (κ3) is 4.85. The van der Waals surface area contributed by atoms with E-state index >= 15 is 0 Å². The number of methoxy groups -OCH3 is 1. The zero-order chi connectivity index (χ0) is 18.8. The van der Waals surface area contributed by atoms with Crippen molar-refractivity contribution in [3.63, 3.8) is 0 Å². The topological polar surface area (TPSA) is 80.3 Å². The quantitative estimate of drug-likeness (QED) is 0.846. The Bertz CT molecular complexity index is 854. The van der Waals surface area contributed by atoms with Crippen molar-refractivity contribution in [3.8, 4) is 5.75 Å². The molecule has 136 valence electrons. The maximum Gasteiger partial charge on any atom is 0.265 e. The summed E-state index contributed by atoms with van der Waals surface area (Å²) in [5.74, 6) is 0.994. The highest BCUT2D eigenvalue weighted by atomic mass is 32.2. The van der Waals surface area contributed by atoms with E-state index < -0.39 is 10.0 Å². The molecule has 2 rings (SSSR count). The van der Waals surface area contributed by atoms with Crippen LogP contribution in [0.25, 0.3) is 0 Å². The summed E-state index contributed by atoms with van der Waals surface area (Å²) in [4.78, 5) is 4.35. The first-order valence-electron chi connectivity index (χ1n) is 7.94. The number of pyridine rings is 1. The second-order valence-corrected chi connectivity index (χ2v) is 8.65. The summed E-state index contributed by atoms with van der Waals surface area (Å²) in [7, 11) is -2.32. The molecule has 0 aliphatic heterocycles. The molecule has 0 fully saturated rings. The molecule has 0 radical (unpaired) electrons. The molecule has 0 spiro atoms. The second kappa shape index (κ2) is 6.92. The summed E-state index contributed by atoms with van der Waals surface area (Å²) < 4.78 is 33.2. The lowest BCUT2D eigenvalue weighted by molar-refractivity contribution is 0.402. The molecule has 0 saturated carbocycles. The first kappa shape index (κ1) is 19.1. The summed E-state index contributed by atoms with van der Waals surface area (Å²) in [6.45, 7) is 9.85. The number of aryl methyl sites for hydroxylation is 2. The van der Waals surface area contributed by atoms with Gasteiger partial charge in [-0.2, -0.15) is 0 Å². The minimum absolute atomic E-state index is 0.106. The number of nitrogens with one attached hydrogen (secondary N) is 2. The Labute approximate surface area is 149 Å². The average molecular weight is 363 g/mol. The van der Waals surface area contributed by atoms with Crippen LogP contribution in [0.3, 0.4) is 0 Å². The van der Waals surface area contributed by atoms with Gasteiger partial charge in [0.2, 0.25) is 0 Å². The van der Waals surface area contributed by atoms with Crippen LogP contribution in [0.1, 0.15) is 31.9 Å². The van der Waals surface area contributed by atoms with Gasteiger partial charge in [0.15, 0.2) is 0 Å². The molecule has 0 aliphatic rings. The first-order chi connectivity index (χ1) is 11.5. The van der Waals surface area contributed by atoms with Crippen LogP contribution in [-0.4, -0.2) is 26.1 Å². The van der Waals surface area contributed by atoms with Crippen molar-refractivity contribution in [2.45, 2.75) is 45.1 Å². The summed E-state index contributed by atoms with van der Waals surface area (Å²) in [6.07, 6.45) is 1.49. The van der Waals surface area contributed by atoms with Gasteiger partial charge in [-0.1, -0.05) is 0 Å². The van der Waals surface area contributed by atoms with E-state index in [4.69, 9.17) is 4.74 Å². The van der Waals surface area contributed by atoms with Gasteiger partial charge in [0, 0.05) is 5.54 Å². The Morgan fingerprint density at radius 3 is 2.24 bits per heavy atom. The lowest BCUT2D eigenvalue weighted by Crippen LogP contribution is -2.26. The molecule has 25 heavy (non-hydrogen) atoms. The van der Waals surface area contributed by atoms with Gasteiger partial charge in [-0.25, -0.2) is 13.4 Å². The highest BCUT2D eigenvalue weighted by Crippen LogP contribution is 2.29. The number of nitrogens with zero attached hydrogens (tertiary/aromatic N) is 1. The minimum atomic E-state index is -3.78. The predicted octanol–water partition coefficient (Wildman–Crippen LogP) is 3.72. The van der Waals surface area contributed by atoms with Crippen LogP contribution in [0, 0.1) is 13.8 Å². The van der Waals surface area contributed by atoms with Crippen molar-refractivity contribution in [2.24, 2.45) is 0 Å². The fourth-order valence-electron chi connectivity index (χ4n) is 2.26. The monoisotopic (exact) mass is 363 g/mol. The molecule has 6 nitrogen and oxygen atoms in total. The van der Waals surface area contributed by atoms with Crippen LogP contribution in [-0.2, 0) is 10.0 Å². The Kier molecular flexibility index (Phi) is 5.27. The number of rotatable bonds is 5. The van der Waals surface area contributed by atoms with Crippen molar-refractivity contribution < 1.29 is 13.2 Å². The van der Waals surface area contributed by atoms with Crippen LogP contribution in [0.5, 0.6) is 5.75 Å². The third-order valence-electron chi connectivity index (χ3n) is 3.59. The van der Waals surface area contributed by atoms with Gasteiger partial charge >= 0.3 is 0 Å². The lowest BCUT2D eigenvalue weighted by atomic mass is 10.1. The molecular weight excluding hydrogens is 338 g/mol. The zero-order valence-corrected chi connectivity index (χ0v) is 16.3. The molecule has 0 atom stereocenters. The Morgan fingerprint density at radius 2 is 1.72 bits per heavy atom. The average Bonchev–Trinajstić information content (AvgIpc) is 2.49. The molecular formula is C18H25N3O3S. The van der Waals surface area contributed by atoms with Crippen molar-refractivity contribution in [2.75, 3.05) is 17.1 Å². The number of ether oxygens (including phenoxy) is 1. The maximum absolute atomic E-state index is 12.7. The van der Waals surface area contributed by atoms with Crippen molar-refractivity contribution >= 4 is 21.5 Å². The van der Waals surface area contributed by atoms with E-state index in [0.717, 1.165) is 11.1 Å². The molecule has 0 aliphatic carbocycles. The molecule has 2 aromatic rings. The van der Waals surface area contributed by atoms with E-state index in [9.17, 15) is 8.42 Å². The van der Waals surface area contributed by atoms with Crippen LogP contribution in [0.4, 0.5) is 11.5 Å². The molecule has 0 bridgehead atoms. The molecule has 7 heteroatoms. The predicted molar refractivity (Wildman–Crippen MR) is 101 cm³/mol. The maximum atomic E-state index is 12.7. The highest BCUT2D eigenvalue weighted by Gasteiger charge is 2.21. The van der Waals surface area contributed by atoms with Gasteiger partial charge in [0.1, 0.15) is 16.5 Å². The Hall–Kier alpha value is -2.28. The summed E-state index contributed by atoms with van der Waals surface area (Å²) in [5, 5.41) is 3.23. The van der Waals surface area contributed by atoms with Gasteiger partial charge in [0.05, 0.1) is 19.0 Å². The van der Waals surface area contributed by atoms with Crippen LogP contribution >= 0.6 is 0 Å². The van der Waals surface area contributed by atoms with Gasteiger partial charge in [-0.3, -0.25) is 4.72 Å². The molecule has 0 amide bonds. The van der Waals surface area contributed by atoms with E-state index in [1.807, 2.05) is 34.6 Å². The number of hydrogen-bond acceptors (Lipinski definition) is 5. The van der Waals surface area contributed by atoms with Crippen molar-refractivity contribution in [1.82, 2.24) is 4.98 Å². The molecule has 0 saturated heterocycles. The molecule has 2 N–H and O–H groups in total. The largest absolute Gasteiger partial charge is 0.495 e. The van der Waals surface area contributed by atoms with E-state index in [2.05, 4.69) is 15.0 Å². The van der Waals surface area contributed by atoms with Gasteiger partial charge in [-0.15, -0.1) is 0 Å². The van der Waals surface area contributed by atoms with E-state index in [1.165, 1.54) is 13.3 Å². The van der Waals surface area contributed by atoms with Crippen LogP contribution in [0.2, 0.25) is 0 Å².